The van der Waals surface area contributed by atoms with Gasteiger partial charge in [-0.2, -0.15) is 17.7 Å². The standard InChI is InChI=1S/C12H12.Au/c1-9(2)11-8-7-10-5-3-4-6-12(10)11;/h3-6,8,11H,1-2H3;/q;+1. The van der Waals surface area contributed by atoms with Gasteiger partial charge in [0, 0.05) is 0 Å². The van der Waals surface area contributed by atoms with Crippen molar-refractivity contribution in [1.29, 1.82) is 0 Å². The third-order valence-electron chi connectivity index (χ3n) is 2.32. The van der Waals surface area contributed by atoms with E-state index in [9.17, 15) is 0 Å². The maximum atomic E-state index is 3.29. The summed E-state index contributed by atoms with van der Waals surface area (Å²) in [7, 11) is 0. The number of rotatable bonds is 1. The van der Waals surface area contributed by atoms with E-state index < -0.39 is 0 Å². The Morgan fingerprint density at radius 1 is 1.23 bits per heavy atom. The molecule has 1 aliphatic carbocycles. The first-order chi connectivity index (χ1) is 5.79. The van der Waals surface area contributed by atoms with Gasteiger partial charge in [0.15, 0.2) is 0 Å². The smallest absolute Gasteiger partial charge is 0.185 e. The van der Waals surface area contributed by atoms with Crippen LogP contribution in [-0.4, -0.2) is 0 Å². The van der Waals surface area contributed by atoms with E-state index in [4.69, 9.17) is 0 Å². The summed E-state index contributed by atoms with van der Waals surface area (Å²) >= 11 is 0. The molecule has 0 saturated carbocycles. The minimum absolute atomic E-state index is 0. The van der Waals surface area contributed by atoms with E-state index in [-0.39, 0.29) is 22.4 Å². The number of allylic oxidation sites excluding steroid dienone is 1. The summed E-state index contributed by atoms with van der Waals surface area (Å²) in [6, 6.07) is 8.46. The van der Waals surface area contributed by atoms with Crippen molar-refractivity contribution in [2.24, 2.45) is 0 Å². The average Bonchev–Trinajstić information content (AvgIpc) is 2.47. The summed E-state index contributed by atoms with van der Waals surface area (Å²) in [5.41, 5.74) is 2.65. The van der Waals surface area contributed by atoms with E-state index in [1.165, 1.54) is 17.0 Å². The molecule has 0 radical (unpaired) electrons. The first kappa shape index (κ1) is 10.6. The monoisotopic (exact) mass is 353 g/mol. The molecule has 0 nitrogen and oxygen atoms in total. The Bertz CT molecular complexity index is 313. The second-order valence-electron chi connectivity index (χ2n) is 3.45. The van der Waals surface area contributed by atoms with Gasteiger partial charge in [0.05, 0.1) is 25.7 Å². The van der Waals surface area contributed by atoms with Gasteiger partial charge >= 0.3 is 22.4 Å². The molecule has 0 saturated heterocycles. The second-order valence-corrected chi connectivity index (χ2v) is 3.45. The molecule has 0 aromatic heterocycles. The zero-order valence-electron chi connectivity index (χ0n) is 7.77. The van der Waals surface area contributed by atoms with Crippen LogP contribution >= 0.6 is 0 Å². The Hall–Kier alpha value is -0.430. The van der Waals surface area contributed by atoms with Crippen LogP contribution in [0.5, 0.6) is 0 Å². The van der Waals surface area contributed by atoms with Gasteiger partial charge in [-0.1, -0.05) is 11.6 Å². The minimum atomic E-state index is 0. The first-order valence-corrected chi connectivity index (χ1v) is 4.28. The van der Waals surface area contributed by atoms with Gasteiger partial charge in [-0.3, -0.25) is 0 Å². The molecule has 0 spiro atoms. The maximum Gasteiger partial charge on any atom is 1.00 e. The van der Waals surface area contributed by atoms with Crippen LogP contribution < -0.4 is 0 Å². The Morgan fingerprint density at radius 2 is 1.92 bits per heavy atom. The summed E-state index contributed by atoms with van der Waals surface area (Å²) < 4.78 is 0. The Labute approximate surface area is 95.6 Å². The van der Waals surface area contributed by atoms with Gasteiger partial charge in [0.25, 0.3) is 0 Å². The van der Waals surface area contributed by atoms with E-state index in [0.29, 0.717) is 5.92 Å². The average molecular weight is 353 g/mol. The molecule has 0 N–H and O–H groups in total. The molecule has 0 bridgehead atoms. The summed E-state index contributed by atoms with van der Waals surface area (Å²) in [5.74, 6) is 1.94. The molecule has 1 aliphatic rings. The van der Waals surface area contributed by atoms with Crippen LogP contribution in [0.1, 0.15) is 30.9 Å². The summed E-state index contributed by atoms with van der Waals surface area (Å²) in [4.78, 5) is 0. The SMILES string of the molecule is C[C+](C)C1C=[C-]c2ccccc21.[Au+]. The zero-order chi connectivity index (χ0) is 8.55. The molecular formula is C12H12Au+. The molecule has 0 amide bonds. The zero-order valence-corrected chi connectivity index (χ0v) is 9.93. The van der Waals surface area contributed by atoms with Crippen molar-refractivity contribution in [2.45, 2.75) is 19.8 Å². The molecule has 13 heavy (non-hydrogen) atoms. The Morgan fingerprint density at radius 3 is 2.62 bits per heavy atom. The molecule has 0 fully saturated rings. The topological polar surface area (TPSA) is 0 Å². The van der Waals surface area contributed by atoms with Crippen molar-refractivity contribution in [3.63, 3.8) is 0 Å². The van der Waals surface area contributed by atoms with Crippen LogP contribution in [0.3, 0.4) is 0 Å². The minimum Gasteiger partial charge on any atom is -0.185 e. The quantitative estimate of drug-likeness (QED) is 0.538. The maximum absolute atomic E-state index is 3.29. The van der Waals surface area contributed by atoms with E-state index in [0.717, 1.165) is 0 Å². The van der Waals surface area contributed by atoms with Gasteiger partial charge in [0.2, 0.25) is 0 Å². The molecule has 1 atom stereocenters. The Kier molecular flexibility index (Phi) is 3.43. The molecule has 70 valence electrons. The Balaban J connectivity index is 0.000000845. The molecule has 2 rings (SSSR count). The van der Waals surface area contributed by atoms with Gasteiger partial charge in [-0.25, -0.2) is 0 Å². The predicted octanol–water partition coefficient (Wildman–Crippen LogP) is 3.10. The van der Waals surface area contributed by atoms with Crippen LogP contribution in [0, 0.1) is 12.0 Å². The van der Waals surface area contributed by atoms with Gasteiger partial charge in [0.1, 0.15) is 0 Å². The summed E-state index contributed by atoms with van der Waals surface area (Å²) in [6.45, 7) is 4.34. The van der Waals surface area contributed by atoms with Crippen LogP contribution in [0.15, 0.2) is 30.3 Å². The number of benzene rings is 1. The molecule has 1 aromatic carbocycles. The normalized spacial score (nSPS) is 17.8. The van der Waals surface area contributed by atoms with E-state index in [1.54, 1.807) is 0 Å². The predicted molar refractivity (Wildman–Crippen MR) is 50.7 cm³/mol. The molecular weight excluding hydrogens is 341 g/mol. The number of fused-ring (bicyclic) bond motifs is 1. The fourth-order valence-corrected chi connectivity index (χ4v) is 1.64. The van der Waals surface area contributed by atoms with Crippen LogP contribution in [0.2, 0.25) is 0 Å². The third kappa shape index (κ3) is 1.91. The summed E-state index contributed by atoms with van der Waals surface area (Å²) in [6.07, 6.45) is 5.44. The molecule has 1 unspecified atom stereocenters. The van der Waals surface area contributed by atoms with E-state index in [1.807, 2.05) is 0 Å². The van der Waals surface area contributed by atoms with Crippen LogP contribution in [0.4, 0.5) is 0 Å². The van der Waals surface area contributed by atoms with E-state index >= 15 is 0 Å². The molecule has 1 heteroatoms. The van der Waals surface area contributed by atoms with Crippen LogP contribution in [-0.2, 0) is 22.4 Å². The van der Waals surface area contributed by atoms with Crippen LogP contribution in [0.25, 0.3) is 0 Å². The third-order valence-corrected chi connectivity index (χ3v) is 2.32. The second kappa shape index (κ2) is 4.19. The van der Waals surface area contributed by atoms with Crippen molar-refractivity contribution in [2.75, 3.05) is 0 Å². The van der Waals surface area contributed by atoms with E-state index in [2.05, 4.69) is 50.3 Å². The largest absolute Gasteiger partial charge is 1.00 e. The molecule has 1 aromatic rings. The van der Waals surface area contributed by atoms with Crippen molar-refractivity contribution in [3.8, 4) is 0 Å². The van der Waals surface area contributed by atoms with Gasteiger partial charge in [-0.15, -0.1) is 18.2 Å². The van der Waals surface area contributed by atoms with Crippen molar-refractivity contribution >= 4 is 0 Å². The number of hydrogen-bond acceptors (Lipinski definition) is 0. The van der Waals surface area contributed by atoms with Gasteiger partial charge in [-0.05, 0) is 0 Å². The van der Waals surface area contributed by atoms with Gasteiger partial charge < -0.3 is 0 Å². The number of hydrogen-bond donors (Lipinski definition) is 0. The van der Waals surface area contributed by atoms with Crippen molar-refractivity contribution in [1.82, 2.24) is 0 Å². The van der Waals surface area contributed by atoms with Crippen molar-refractivity contribution < 1.29 is 22.4 Å². The fraction of sp³-hybridized carbons (Fsp3) is 0.250. The molecule has 0 aliphatic heterocycles. The first-order valence-electron chi connectivity index (χ1n) is 4.28. The van der Waals surface area contributed by atoms with Crippen molar-refractivity contribution in [3.05, 3.63) is 53.5 Å². The fourth-order valence-electron chi connectivity index (χ4n) is 1.64. The molecule has 0 heterocycles. The summed E-state index contributed by atoms with van der Waals surface area (Å²) in [5, 5.41) is 0.